The Hall–Kier alpha value is -3.75. The minimum absolute atomic E-state index is 0.205. The number of hydrogen-bond acceptors (Lipinski definition) is 6. The standard InChI is InChI=1S/C32H29BrN2O4S/c1-5-39-31(37)27-28(21-9-7-6-8-10-21)34-32-35(29(27)22-13-11-20(12-14-22)19(2)3)30(36)26(40-32)18-23-17-24(33)15-16-25(23)38-4/h6-19,29H,5H2,1-4H3/b26-18-/t29-/m1/s1. The molecule has 0 saturated carbocycles. The van der Waals surface area contributed by atoms with Crippen molar-refractivity contribution in [2.45, 2.75) is 32.7 Å². The van der Waals surface area contributed by atoms with Gasteiger partial charge in [0.05, 0.1) is 35.6 Å². The Morgan fingerprint density at radius 1 is 1.10 bits per heavy atom. The number of aromatic nitrogens is 1. The summed E-state index contributed by atoms with van der Waals surface area (Å²) in [4.78, 5) is 33.1. The predicted molar refractivity (Wildman–Crippen MR) is 162 cm³/mol. The van der Waals surface area contributed by atoms with Crippen LogP contribution < -0.4 is 19.6 Å². The van der Waals surface area contributed by atoms with Crippen molar-refractivity contribution in [1.82, 2.24) is 4.57 Å². The highest BCUT2D eigenvalue weighted by molar-refractivity contribution is 9.10. The first-order chi connectivity index (χ1) is 19.3. The summed E-state index contributed by atoms with van der Waals surface area (Å²) in [6.07, 6.45) is 1.81. The summed E-state index contributed by atoms with van der Waals surface area (Å²) in [5.74, 6) is 0.495. The molecule has 0 radical (unpaired) electrons. The van der Waals surface area contributed by atoms with Crippen LogP contribution in [-0.2, 0) is 9.53 Å². The van der Waals surface area contributed by atoms with Crippen LogP contribution in [-0.4, -0.2) is 24.3 Å². The Labute approximate surface area is 245 Å². The third-order valence-corrected chi connectivity index (χ3v) is 8.25. The molecule has 0 bridgehead atoms. The predicted octanol–water partition coefficient (Wildman–Crippen LogP) is 5.83. The van der Waals surface area contributed by atoms with Crippen LogP contribution in [0.3, 0.4) is 0 Å². The summed E-state index contributed by atoms with van der Waals surface area (Å²) in [5, 5.41) is 0. The number of rotatable bonds is 7. The van der Waals surface area contributed by atoms with E-state index in [1.54, 1.807) is 18.6 Å². The number of fused-ring (bicyclic) bond motifs is 1. The van der Waals surface area contributed by atoms with Gasteiger partial charge in [-0.25, -0.2) is 9.79 Å². The van der Waals surface area contributed by atoms with Crippen LogP contribution in [0.4, 0.5) is 0 Å². The fourth-order valence-corrected chi connectivity index (χ4v) is 6.15. The summed E-state index contributed by atoms with van der Waals surface area (Å²) in [6.45, 7) is 6.24. The monoisotopic (exact) mass is 616 g/mol. The van der Waals surface area contributed by atoms with E-state index in [9.17, 15) is 9.59 Å². The van der Waals surface area contributed by atoms with Gasteiger partial charge in [0.1, 0.15) is 5.75 Å². The zero-order chi connectivity index (χ0) is 28.4. The average Bonchev–Trinajstić information content (AvgIpc) is 3.27. The molecule has 0 N–H and O–H groups in total. The lowest BCUT2D eigenvalue weighted by atomic mass is 9.91. The molecular weight excluding hydrogens is 588 g/mol. The summed E-state index contributed by atoms with van der Waals surface area (Å²) < 4.78 is 14.1. The minimum Gasteiger partial charge on any atom is -0.496 e. The number of nitrogens with zero attached hydrogens (tertiary/aromatic N) is 2. The van der Waals surface area contributed by atoms with Gasteiger partial charge in [-0.15, -0.1) is 0 Å². The molecule has 204 valence electrons. The number of hydrogen-bond donors (Lipinski definition) is 0. The van der Waals surface area contributed by atoms with Gasteiger partial charge in [-0.3, -0.25) is 9.36 Å². The van der Waals surface area contributed by atoms with Crippen LogP contribution in [0.25, 0.3) is 11.8 Å². The lowest BCUT2D eigenvalue weighted by molar-refractivity contribution is -0.138. The highest BCUT2D eigenvalue weighted by Gasteiger charge is 2.35. The van der Waals surface area contributed by atoms with E-state index in [2.05, 4.69) is 29.8 Å². The Bertz CT molecular complexity index is 1770. The number of ether oxygens (including phenoxy) is 2. The van der Waals surface area contributed by atoms with Gasteiger partial charge in [0, 0.05) is 15.6 Å². The molecule has 1 aromatic heterocycles. The third-order valence-electron chi connectivity index (χ3n) is 6.77. The molecule has 0 saturated heterocycles. The number of methoxy groups -OCH3 is 1. The van der Waals surface area contributed by atoms with E-state index in [-0.39, 0.29) is 12.2 Å². The fourth-order valence-electron chi connectivity index (χ4n) is 4.78. The molecule has 2 heterocycles. The molecule has 4 aromatic rings. The highest BCUT2D eigenvalue weighted by Crippen LogP contribution is 2.35. The Morgan fingerprint density at radius 2 is 1.82 bits per heavy atom. The molecule has 0 aliphatic carbocycles. The maximum absolute atomic E-state index is 14.1. The van der Waals surface area contributed by atoms with Gasteiger partial charge in [-0.1, -0.05) is 95.7 Å². The van der Waals surface area contributed by atoms with Crippen LogP contribution in [0.15, 0.2) is 92.6 Å². The van der Waals surface area contributed by atoms with E-state index in [4.69, 9.17) is 14.5 Å². The Balaban J connectivity index is 1.83. The van der Waals surface area contributed by atoms with Gasteiger partial charge in [0.15, 0.2) is 4.80 Å². The highest BCUT2D eigenvalue weighted by atomic mass is 79.9. The second-order valence-corrected chi connectivity index (χ2v) is 11.6. The van der Waals surface area contributed by atoms with Crippen LogP contribution in [0, 0.1) is 0 Å². The topological polar surface area (TPSA) is 69.9 Å². The molecule has 1 atom stereocenters. The average molecular weight is 618 g/mol. The molecule has 0 spiro atoms. The van der Waals surface area contributed by atoms with Gasteiger partial charge in [-0.05, 0) is 48.2 Å². The second kappa shape index (κ2) is 11.8. The summed E-state index contributed by atoms with van der Waals surface area (Å²) in [7, 11) is 1.60. The van der Waals surface area contributed by atoms with Crippen molar-refractivity contribution < 1.29 is 14.3 Å². The minimum atomic E-state index is -0.710. The first-order valence-corrected chi connectivity index (χ1v) is 14.6. The van der Waals surface area contributed by atoms with Crippen LogP contribution in [0.5, 0.6) is 5.75 Å². The molecule has 0 fully saturated rings. The SMILES string of the molecule is CCOC(=O)C1=C(c2ccccc2)N=c2s/c(=C\c3cc(Br)ccc3OC)c(=O)n2[C@@H]1c1ccc(C(C)C)cc1. The molecule has 8 heteroatoms. The van der Waals surface area contributed by atoms with Gasteiger partial charge < -0.3 is 9.47 Å². The number of thiazole rings is 1. The maximum atomic E-state index is 14.1. The van der Waals surface area contributed by atoms with Crippen molar-refractivity contribution in [3.05, 3.63) is 125 Å². The zero-order valence-electron chi connectivity index (χ0n) is 22.7. The van der Waals surface area contributed by atoms with E-state index < -0.39 is 12.0 Å². The number of halogens is 1. The van der Waals surface area contributed by atoms with Crippen molar-refractivity contribution >= 4 is 45.0 Å². The van der Waals surface area contributed by atoms with Gasteiger partial charge >= 0.3 is 5.97 Å². The molecule has 5 rings (SSSR count). The number of carbonyl (C=O) groups excluding carboxylic acids is 1. The molecule has 6 nitrogen and oxygen atoms in total. The fraction of sp³-hybridized carbons (Fsp3) is 0.219. The van der Waals surface area contributed by atoms with Crippen molar-refractivity contribution in [2.75, 3.05) is 13.7 Å². The van der Waals surface area contributed by atoms with E-state index in [1.165, 1.54) is 16.9 Å². The molecule has 1 aliphatic heterocycles. The lowest BCUT2D eigenvalue weighted by Gasteiger charge is -2.26. The quantitative estimate of drug-likeness (QED) is 0.245. The number of benzene rings is 3. The molecule has 3 aromatic carbocycles. The van der Waals surface area contributed by atoms with Gasteiger partial charge in [0.25, 0.3) is 5.56 Å². The van der Waals surface area contributed by atoms with Crippen molar-refractivity contribution in [2.24, 2.45) is 4.99 Å². The van der Waals surface area contributed by atoms with E-state index in [0.29, 0.717) is 32.3 Å². The molecular formula is C32H29BrN2O4S. The van der Waals surface area contributed by atoms with Crippen molar-refractivity contribution in [1.29, 1.82) is 0 Å². The molecule has 0 unspecified atom stereocenters. The number of esters is 1. The van der Waals surface area contributed by atoms with Crippen molar-refractivity contribution in [3.8, 4) is 5.75 Å². The van der Waals surface area contributed by atoms with Gasteiger partial charge in [-0.2, -0.15) is 0 Å². The van der Waals surface area contributed by atoms with Crippen LogP contribution in [0.2, 0.25) is 0 Å². The van der Waals surface area contributed by atoms with E-state index in [0.717, 1.165) is 21.2 Å². The van der Waals surface area contributed by atoms with E-state index in [1.807, 2.05) is 78.9 Å². The Kier molecular flexibility index (Phi) is 8.19. The largest absolute Gasteiger partial charge is 0.496 e. The number of carbonyl (C=O) groups is 1. The summed E-state index contributed by atoms with van der Waals surface area (Å²) in [5.41, 5.74) is 4.12. The third kappa shape index (κ3) is 5.33. The lowest BCUT2D eigenvalue weighted by Crippen LogP contribution is -2.40. The normalized spacial score (nSPS) is 15.2. The van der Waals surface area contributed by atoms with E-state index >= 15 is 0 Å². The summed E-state index contributed by atoms with van der Waals surface area (Å²) >= 11 is 4.80. The second-order valence-electron chi connectivity index (χ2n) is 9.64. The smallest absolute Gasteiger partial charge is 0.338 e. The van der Waals surface area contributed by atoms with Crippen molar-refractivity contribution in [3.63, 3.8) is 0 Å². The zero-order valence-corrected chi connectivity index (χ0v) is 25.1. The molecule has 1 aliphatic rings. The summed E-state index contributed by atoms with van der Waals surface area (Å²) in [6, 6.07) is 22.5. The van der Waals surface area contributed by atoms with Crippen LogP contribution >= 0.6 is 27.3 Å². The first kappa shape index (κ1) is 27.8. The molecule has 0 amide bonds. The maximum Gasteiger partial charge on any atom is 0.338 e. The first-order valence-electron chi connectivity index (χ1n) is 13.0. The van der Waals surface area contributed by atoms with Gasteiger partial charge in [0.2, 0.25) is 0 Å². The van der Waals surface area contributed by atoms with Crippen LogP contribution in [0.1, 0.15) is 55.0 Å². The molecule has 40 heavy (non-hydrogen) atoms. The Morgan fingerprint density at radius 3 is 2.48 bits per heavy atom.